The molecule has 1 aromatic heterocycles. The highest BCUT2D eigenvalue weighted by molar-refractivity contribution is 5.84. The highest BCUT2D eigenvalue weighted by atomic mass is 16.5. The molecule has 0 radical (unpaired) electrons. The van der Waals surface area contributed by atoms with Gasteiger partial charge in [0.25, 0.3) is 0 Å². The van der Waals surface area contributed by atoms with Crippen molar-refractivity contribution in [3.05, 3.63) is 30.1 Å². The van der Waals surface area contributed by atoms with Crippen LogP contribution in [0.2, 0.25) is 0 Å². The summed E-state index contributed by atoms with van der Waals surface area (Å²) < 4.78 is 4.66. The lowest BCUT2D eigenvalue weighted by molar-refractivity contribution is -0.141. The monoisotopic (exact) mass is 331 g/mol. The molecule has 0 aliphatic carbocycles. The lowest BCUT2D eigenvalue weighted by atomic mass is 9.90. The van der Waals surface area contributed by atoms with Crippen molar-refractivity contribution in [1.29, 1.82) is 0 Å². The van der Waals surface area contributed by atoms with E-state index in [1.165, 1.54) is 12.7 Å². The third-order valence-corrected chi connectivity index (χ3v) is 5.15. The van der Waals surface area contributed by atoms with Crippen LogP contribution in [0.4, 0.5) is 0 Å². The molecule has 3 rings (SSSR count). The molecule has 6 nitrogen and oxygen atoms in total. The van der Waals surface area contributed by atoms with Gasteiger partial charge < -0.3 is 9.64 Å². The third-order valence-electron chi connectivity index (χ3n) is 5.15. The summed E-state index contributed by atoms with van der Waals surface area (Å²) in [7, 11) is 1.38. The molecular weight excluding hydrogens is 306 g/mol. The number of aromatic nitrogens is 1. The number of rotatable bonds is 5. The molecule has 2 atom stereocenters. The number of esters is 1. The molecule has 2 unspecified atom stereocenters. The average Bonchev–Trinajstić information content (AvgIpc) is 3.01. The maximum Gasteiger partial charge on any atom is 0.307 e. The lowest BCUT2D eigenvalue weighted by Gasteiger charge is -2.36. The number of methoxy groups -OCH3 is 1. The molecule has 24 heavy (non-hydrogen) atoms. The minimum Gasteiger partial charge on any atom is -0.469 e. The zero-order valence-electron chi connectivity index (χ0n) is 14.2. The molecule has 2 saturated heterocycles. The molecular formula is C18H25N3O3. The summed E-state index contributed by atoms with van der Waals surface area (Å²) in [5.74, 6) is 0.370. The van der Waals surface area contributed by atoms with Crippen LogP contribution in [0.5, 0.6) is 0 Å². The van der Waals surface area contributed by atoms with E-state index in [1.54, 1.807) is 4.90 Å². The standard InChI is InChI=1S/C18H25N3O3/c1-24-17(22)7-12-20-11-6-16(18(20)23)21-10-2-3-15(13-21)14-4-8-19-9-5-14/h4-5,8-9,15-16H,2-3,6-7,10-13H2,1H3. The first-order chi connectivity index (χ1) is 11.7. The summed E-state index contributed by atoms with van der Waals surface area (Å²) in [6.45, 7) is 3.09. The van der Waals surface area contributed by atoms with Gasteiger partial charge in [-0.2, -0.15) is 0 Å². The fourth-order valence-corrected chi connectivity index (χ4v) is 3.81. The lowest BCUT2D eigenvalue weighted by Crippen LogP contribution is -2.46. The number of likely N-dealkylation sites (tertiary alicyclic amines) is 2. The van der Waals surface area contributed by atoms with Crippen molar-refractivity contribution in [2.75, 3.05) is 33.3 Å². The van der Waals surface area contributed by atoms with Crippen LogP contribution in [-0.2, 0) is 14.3 Å². The fraction of sp³-hybridized carbons (Fsp3) is 0.611. The average molecular weight is 331 g/mol. The van der Waals surface area contributed by atoms with Crippen LogP contribution in [0.25, 0.3) is 0 Å². The number of hydrogen-bond donors (Lipinski definition) is 0. The van der Waals surface area contributed by atoms with E-state index in [9.17, 15) is 9.59 Å². The van der Waals surface area contributed by atoms with Gasteiger partial charge in [0.1, 0.15) is 0 Å². The molecule has 2 fully saturated rings. The number of carbonyl (C=O) groups excluding carboxylic acids is 2. The third kappa shape index (κ3) is 3.75. The predicted octanol–water partition coefficient (Wildman–Crippen LogP) is 1.42. The number of carbonyl (C=O) groups is 2. The van der Waals surface area contributed by atoms with E-state index in [0.29, 0.717) is 12.5 Å². The Hall–Kier alpha value is -1.95. The topological polar surface area (TPSA) is 62.7 Å². The van der Waals surface area contributed by atoms with Crippen LogP contribution in [0.15, 0.2) is 24.5 Å². The minimum absolute atomic E-state index is 0.0349. The van der Waals surface area contributed by atoms with E-state index in [2.05, 4.69) is 26.8 Å². The van der Waals surface area contributed by atoms with Gasteiger partial charge in [0.2, 0.25) is 5.91 Å². The van der Waals surface area contributed by atoms with Gasteiger partial charge in [-0.1, -0.05) is 0 Å². The highest BCUT2D eigenvalue weighted by Crippen LogP contribution is 2.30. The van der Waals surface area contributed by atoms with Gasteiger partial charge in [-0.15, -0.1) is 0 Å². The Balaban J connectivity index is 1.58. The SMILES string of the molecule is COC(=O)CCN1CCC(N2CCCC(c3ccncc3)C2)C1=O. The van der Waals surface area contributed by atoms with Crippen LogP contribution in [0, 0.1) is 0 Å². The molecule has 0 aromatic carbocycles. The summed E-state index contributed by atoms with van der Waals surface area (Å²) >= 11 is 0. The van der Waals surface area contributed by atoms with Gasteiger partial charge >= 0.3 is 5.97 Å². The van der Waals surface area contributed by atoms with Gasteiger partial charge in [0, 0.05) is 32.0 Å². The number of piperidine rings is 1. The highest BCUT2D eigenvalue weighted by Gasteiger charge is 2.37. The van der Waals surface area contributed by atoms with E-state index in [4.69, 9.17) is 0 Å². The minimum atomic E-state index is -0.262. The van der Waals surface area contributed by atoms with Crippen molar-refractivity contribution in [3.8, 4) is 0 Å². The number of nitrogens with zero attached hydrogens (tertiary/aromatic N) is 3. The number of amides is 1. The Kier molecular flexibility index (Phi) is 5.45. The van der Waals surface area contributed by atoms with Crippen LogP contribution in [0.1, 0.15) is 37.2 Å². The number of pyridine rings is 1. The fourth-order valence-electron chi connectivity index (χ4n) is 3.81. The van der Waals surface area contributed by atoms with Crippen molar-refractivity contribution in [2.45, 2.75) is 37.6 Å². The molecule has 6 heteroatoms. The summed E-state index contributed by atoms with van der Waals surface area (Å²) in [6.07, 6.45) is 7.07. The molecule has 0 spiro atoms. The van der Waals surface area contributed by atoms with Crippen LogP contribution >= 0.6 is 0 Å². The first-order valence-electron chi connectivity index (χ1n) is 8.68. The normalized spacial score (nSPS) is 25.0. The van der Waals surface area contributed by atoms with Gasteiger partial charge in [0.15, 0.2) is 0 Å². The zero-order valence-corrected chi connectivity index (χ0v) is 14.2. The van der Waals surface area contributed by atoms with Crippen LogP contribution in [-0.4, -0.2) is 66.0 Å². The van der Waals surface area contributed by atoms with Crippen LogP contribution in [0.3, 0.4) is 0 Å². The first kappa shape index (κ1) is 16.9. The maximum absolute atomic E-state index is 12.7. The van der Waals surface area contributed by atoms with E-state index in [-0.39, 0.29) is 24.3 Å². The molecule has 3 heterocycles. The summed E-state index contributed by atoms with van der Waals surface area (Å²) in [6, 6.07) is 4.12. The van der Waals surface area contributed by atoms with Gasteiger partial charge in [-0.05, 0) is 49.4 Å². The smallest absolute Gasteiger partial charge is 0.307 e. The largest absolute Gasteiger partial charge is 0.469 e. The summed E-state index contributed by atoms with van der Waals surface area (Å²) in [5, 5.41) is 0. The predicted molar refractivity (Wildman–Crippen MR) is 89.4 cm³/mol. The molecule has 0 bridgehead atoms. The zero-order chi connectivity index (χ0) is 16.9. The van der Waals surface area contributed by atoms with Crippen molar-refractivity contribution >= 4 is 11.9 Å². The molecule has 1 amide bonds. The second-order valence-electron chi connectivity index (χ2n) is 6.57. The second kappa shape index (κ2) is 7.75. The molecule has 130 valence electrons. The Morgan fingerprint density at radius 1 is 1.29 bits per heavy atom. The first-order valence-corrected chi connectivity index (χ1v) is 8.68. The molecule has 2 aliphatic rings. The molecule has 0 saturated carbocycles. The molecule has 1 aromatic rings. The van der Waals surface area contributed by atoms with Crippen molar-refractivity contribution < 1.29 is 14.3 Å². The Bertz CT molecular complexity index is 578. The Labute approximate surface area is 142 Å². The van der Waals surface area contributed by atoms with E-state index >= 15 is 0 Å². The number of hydrogen-bond acceptors (Lipinski definition) is 5. The van der Waals surface area contributed by atoms with Gasteiger partial charge in [-0.3, -0.25) is 19.5 Å². The van der Waals surface area contributed by atoms with E-state index < -0.39 is 0 Å². The molecule has 0 N–H and O–H groups in total. The quantitative estimate of drug-likeness (QED) is 0.764. The Morgan fingerprint density at radius 3 is 2.83 bits per heavy atom. The van der Waals surface area contributed by atoms with Crippen molar-refractivity contribution in [1.82, 2.24) is 14.8 Å². The van der Waals surface area contributed by atoms with Gasteiger partial charge in [0.05, 0.1) is 19.6 Å². The summed E-state index contributed by atoms with van der Waals surface area (Å²) in [4.78, 5) is 32.2. The van der Waals surface area contributed by atoms with Crippen molar-refractivity contribution in [3.63, 3.8) is 0 Å². The van der Waals surface area contributed by atoms with E-state index in [1.807, 2.05) is 12.4 Å². The Morgan fingerprint density at radius 2 is 2.08 bits per heavy atom. The maximum atomic E-state index is 12.7. The van der Waals surface area contributed by atoms with E-state index in [0.717, 1.165) is 38.9 Å². The van der Waals surface area contributed by atoms with Crippen molar-refractivity contribution in [2.24, 2.45) is 0 Å². The van der Waals surface area contributed by atoms with Crippen LogP contribution < -0.4 is 0 Å². The molecule has 2 aliphatic heterocycles. The number of ether oxygens (including phenoxy) is 1. The van der Waals surface area contributed by atoms with Gasteiger partial charge in [-0.25, -0.2) is 0 Å². The summed E-state index contributed by atoms with van der Waals surface area (Å²) in [5.41, 5.74) is 1.31. The second-order valence-corrected chi connectivity index (χ2v) is 6.57.